The van der Waals surface area contributed by atoms with Gasteiger partial charge in [0, 0.05) is 43.0 Å². The van der Waals surface area contributed by atoms with E-state index in [2.05, 4.69) is 39.4 Å². The number of fused-ring (bicyclic) bond motifs is 1. The number of carbonyl (C=O) groups is 2. The summed E-state index contributed by atoms with van der Waals surface area (Å²) in [6, 6.07) is 21.6. The van der Waals surface area contributed by atoms with E-state index >= 15 is 0 Å². The number of primary amides is 1. The highest BCUT2D eigenvalue weighted by molar-refractivity contribution is 6.07. The summed E-state index contributed by atoms with van der Waals surface area (Å²) in [5, 5.41) is 3.03. The molecule has 2 amide bonds. The Morgan fingerprint density at radius 1 is 0.765 bits per heavy atom. The molecule has 0 aliphatic carbocycles. The highest BCUT2D eigenvalue weighted by Crippen LogP contribution is 2.31. The van der Waals surface area contributed by atoms with E-state index in [0.29, 0.717) is 16.8 Å². The van der Waals surface area contributed by atoms with Crippen LogP contribution in [0, 0.1) is 0 Å². The molecule has 3 aromatic carbocycles. The molecular formula is C28H30N4O2. The first-order chi connectivity index (χ1) is 16.6. The third-order valence-electron chi connectivity index (χ3n) is 6.85. The van der Waals surface area contributed by atoms with Crippen LogP contribution >= 0.6 is 0 Å². The Balaban J connectivity index is 1.33. The summed E-state index contributed by atoms with van der Waals surface area (Å²) in [5.74, 6) is -0.705. The number of hydrogen-bond acceptors (Lipinski definition) is 4. The molecule has 2 aliphatic rings. The van der Waals surface area contributed by atoms with Gasteiger partial charge in [0.25, 0.3) is 5.91 Å². The quantitative estimate of drug-likeness (QED) is 0.591. The van der Waals surface area contributed by atoms with Crippen molar-refractivity contribution in [3.8, 4) is 0 Å². The van der Waals surface area contributed by atoms with Gasteiger partial charge in [0.15, 0.2) is 0 Å². The Morgan fingerprint density at radius 2 is 1.47 bits per heavy atom. The average Bonchev–Trinajstić information content (AvgIpc) is 2.89. The topological polar surface area (TPSA) is 78.7 Å². The molecule has 2 heterocycles. The highest BCUT2D eigenvalue weighted by atomic mass is 16.2. The maximum Gasteiger partial charge on any atom is 0.255 e. The third kappa shape index (κ3) is 4.62. The van der Waals surface area contributed by atoms with Gasteiger partial charge in [0.1, 0.15) is 0 Å². The van der Waals surface area contributed by atoms with Gasteiger partial charge in [-0.25, -0.2) is 0 Å². The zero-order chi connectivity index (χ0) is 23.5. The number of benzene rings is 3. The molecule has 0 unspecified atom stereocenters. The van der Waals surface area contributed by atoms with Crippen molar-refractivity contribution in [1.82, 2.24) is 0 Å². The van der Waals surface area contributed by atoms with E-state index < -0.39 is 5.91 Å². The maximum atomic E-state index is 13.1. The summed E-state index contributed by atoms with van der Waals surface area (Å²) in [6.45, 7) is 3.71. The van der Waals surface area contributed by atoms with E-state index in [-0.39, 0.29) is 5.91 Å². The molecule has 2 aliphatic heterocycles. The monoisotopic (exact) mass is 454 g/mol. The lowest BCUT2D eigenvalue weighted by molar-refractivity contribution is 0.0996. The molecule has 0 saturated carbocycles. The second-order valence-electron chi connectivity index (χ2n) is 9.09. The fourth-order valence-electron chi connectivity index (χ4n) is 4.93. The molecule has 34 heavy (non-hydrogen) atoms. The lowest BCUT2D eigenvalue weighted by atomic mass is 9.99. The molecule has 6 heteroatoms. The molecule has 174 valence electrons. The van der Waals surface area contributed by atoms with E-state index in [9.17, 15) is 9.59 Å². The predicted octanol–water partition coefficient (Wildman–Crippen LogP) is 4.59. The van der Waals surface area contributed by atoms with Crippen LogP contribution in [0.1, 0.15) is 51.1 Å². The van der Waals surface area contributed by atoms with Crippen molar-refractivity contribution in [2.75, 3.05) is 34.8 Å². The number of nitrogens with one attached hydrogen (secondary N) is 1. The minimum Gasteiger partial charge on any atom is -0.370 e. The molecule has 0 aromatic heterocycles. The fourth-order valence-corrected chi connectivity index (χ4v) is 4.93. The van der Waals surface area contributed by atoms with Gasteiger partial charge in [-0.2, -0.15) is 0 Å². The molecule has 5 rings (SSSR count). The fraction of sp³-hybridized carbons (Fsp3) is 0.286. The first-order valence-corrected chi connectivity index (χ1v) is 12.0. The third-order valence-corrected chi connectivity index (χ3v) is 6.85. The number of anilines is 3. The lowest BCUT2D eigenvalue weighted by Gasteiger charge is -2.31. The number of nitrogens with two attached hydrogens (primary N) is 1. The molecule has 0 spiro atoms. The van der Waals surface area contributed by atoms with Crippen LogP contribution in [0.4, 0.5) is 17.1 Å². The largest absolute Gasteiger partial charge is 0.370 e. The molecule has 3 aromatic rings. The van der Waals surface area contributed by atoms with Crippen molar-refractivity contribution in [2.24, 2.45) is 5.73 Å². The van der Waals surface area contributed by atoms with Crippen LogP contribution in [0.5, 0.6) is 0 Å². The van der Waals surface area contributed by atoms with E-state index in [0.717, 1.165) is 56.8 Å². The molecule has 0 atom stereocenters. The molecule has 0 bridgehead atoms. The summed E-state index contributed by atoms with van der Waals surface area (Å²) in [4.78, 5) is 29.5. The van der Waals surface area contributed by atoms with Crippen LogP contribution in [-0.4, -0.2) is 31.4 Å². The van der Waals surface area contributed by atoms with Gasteiger partial charge in [0.05, 0.1) is 11.4 Å². The van der Waals surface area contributed by atoms with Crippen molar-refractivity contribution in [1.29, 1.82) is 0 Å². The minimum absolute atomic E-state index is 0.199. The molecule has 0 radical (unpaired) electrons. The van der Waals surface area contributed by atoms with Crippen molar-refractivity contribution >= 4 is 28.9 Å². The Labute approximate surface area is 200 Å². The number of hydrogen-bond donors (Lipinski definition) is 2. The van der Waals surface area contributed by atoms with Crippen molar-refractivity contribution in [3.05, 3.63) is 89.0 Å². The van der Waals surface area contributed by atoms with Gasteiger partial charge in [-0.05, 0) is 79.3 Å². The van der Waals surface area contributed by atoms with Gasteiger partial charge in [0.2, 0.25) is 5.91 Å². The second kappa shape index (κ2) is 9.59. The van der Waals surface area contributed by atoms with Crippen LogP contribution in [-0.2, 0) is 13.0 Å². The number of rotatable bonds is 5. The zero-order valence-electron chi connectivity index (χ0n) is 19.3. The summed E-state index contributed by atoms with van der Waals surface area (Å²) >= 11 is 0. The van der Waals surface area contributed by atoms with Gasteiger partial charge in [-0.15, -0.1) is 0 Å². The maximum absolute atomic E-state index is 13.1. The molecule has 1 saturated heterocycles. The normalized spacial score (nSPS) is 15.5. The average molecular weight is 455 g/mol. The summed E-state index contributed by atoms with van der Waals surface area (Å²) in [5.41, 5.74) is 11.9. The van der Waals surface area contributed by atoms with Crippen LogP contribution in [0.2, 0.25) is 0 Å². The van der Waals surface area contributed by atoms with Crippen LogP contribution < -0.4 is 20.9 Å². The van der Waals surface area contributed by atoms with Crippen molar-refractivity contribution in [2.45, 2.75) is 32.2 Å². The summed E-state index contributed by atoms with van der Waals surface area (Å²) < 4.78 is 0. The standard InChI is InChI=1S/C28H30N4O2/c29-27(33)22-10-13-26(31-15-4-1-5-16-31)25(18-22)30-28(34)21-8-11-24(12-9-21)32-17-14-20-6-2-3-7-23(20)19-32/h2-3,6-13,18H,1,4-5,14-17,19H2,(H2,29,33)(H,30,34). The Bertz CT molecular complexity index is 1200. The summed E-state index contributed by atoms with van der Waals surface area (Å²) in [6.07, 6.45) is 4.47. The van der Waals surface area contributed by atoms with Gasteiger partial charge < -0.3 is 20.9 Å². The molecular weight excluding hydrogens is 424 g/mol. The van der Waals surface area contributed by atoms with Crippen molar-refractivity contribution in [3.63, 3.8) is 0 Å². The van der Waals surface area contributed by atoms with Gasteiger partial charge in [-0.1, -0.05) is 24.3 Å². The molecule has 6 nitrogen and oxygen atoms in total. The number of carbonyl (C=O) groups excluding carboxylic acids is 2. The smallest absolute Gasteiger partial charge is 0.255 e. The number of amides is 2. The summed E-state index contributed by atoms with van der Waals surface area (Å²) in [7, 11) is 0. The SMILES string of the molecule is NC(=O)c1ccc(N2CCCCC2)c(NC(=O)c2ccc(N3CCc4ccccc4C3)cc2)c1. The molecule has 3 N–H and O–H groups in total. The van der Waals surface area contributed by atoms with E-state index in [1.165, 1.54) is 17.5 Å². The Kier molecular flexibility index (Phi) is 6.21. The second-order valence-corrected chi connectivity index (χ2v) is 9.09. The predicted molar refractivity (Wildman–Crippen MR) is 137 cm³/mol. The Hall–Kier alpha value is -3.80. The van der Waals surface area contributed by atoms with Crippen LogP contribution in [0.3, 0.4) is 0 Å². The number of nitrogens with zero attached hydrogens (tertiary/aromatic N) is 2. The van der Waals surface area contributed by atoms with E-state index in [4.69, 9.17) is 5.73 Å². The van der Waals surface area contributed by atoms with Crippen LogP contribution in [0.15, 0.2) is 66.7 Å². The number of piperidine rings is 1. The van der Waals surface area contributed by atoms with Gasteiger partial charge in [-0.3, -0.25) is 9.59 Å². The van der Waals surface area contributed by atoms with Gasteiger partial charge >= 0.3 is 0 Å². The first kappa shape index (κ1) is 22.0. The first-order valence-electron chi connectivity index (χ1n) is 12.0. The van der Waals surface area contributed by atoms with E-state index in [1.54, 1.807) is 12.1 Å². The lowest BCUT2D eigenvalue weighted by Crippen LogP contribution is -2.31. The van der Waals surface area contributed by atoms with E-state index in [1.807, 2.05) is 30.3 Å². The van der Waals surface area contributed by atoms with Crippen molar-refractivity contribution < 1.29 is 9.59 Å². The highest BCUT2D eigenvalue weighted by Gasteiger charge is 2.19. The minimum atomic E-state index is -0.506. The molecule has 1 fully saturated rings. The van der Waals surface area contributed by atoms with Crippen LogP contribution in [0.25, 0.3) is 0 Å². The Morgan fingerprint density at radius 3 is 2.21 bits per heavy atom. The zero-order valence-corrected chi connectivity index (χ0v) is 19.3.